The SMILES string of the molecule is CC(C)NCC1CCCN(c2ncnc3c2CCC3)C1. The predicted octanol–water partition coefficient (Wildman–Crippen LogP) is 2.18. The van der Waals surface area contributed by atoms with Crippen molar-refractivity contribution < 1.29 is 0 Å². The summed E-state index contributed by atoms with van der Waals surface area (Å²) >= 11 is 0. The van der Waals surface area contributed by atoms with Crippen molar-refractivity contribution >= 4 is 5.82 Å². The molecule has 3 rings (SSSR count). The van der Waals surface area contributed by atoms with Gasteiger partial charge in [0, 0.05) is 30.4 Å². The second kappa shape index (κ2) is 6.08. The first-order valence-corrected chi connectivity index (χ1v) is 8.05. The average molecular weight is 274 g/mol. The van der Waals surface area contributed by atoms with Gasteiger partial charge in [-0.1, -0.05) is 13.8 Å². The Labute approximate surface area is 122 Å². The summed E-state index contributed by atoms with van der Waals surface area (Å²) in [6, 6.07) is 0.577. The van der Waals surface area contributed by atoms with Crippen molar-refractivity contribution in [1.29, 1.82) is 0 Å². The summed E-state index contributed by atoms with van der Waals surface area (Å²) in [7, 11) is 0. The molecule has 0 aromatic carbocycles. The van der Waals surface area contributed by atoms with Crippen LogP contribution in [0.2, 0.25) is 0 Å². The maximum absolute atomic E-state index is 4.60. The fraction of sp³-hybridized carbons (Fsp3) is 0.750. The number of aryl methyl sites for hydroxylation is 1. The highest BCUT2D eigenvalue weighted by atomic mass is 15.2. The molecule has 1 saturated heterocycles. The van der Waals surface area contributed by atoms with Crippen molar-refractivity contribution in [2.45, 2.75) is 52.0 Å². The van der Waals surface area contributed by atoms with Crippen LogP contribution in [0.1, 0.15) is 44.4 Å². The molecule has 1 aromatic heterocycles. The number of piperidine rings is 1. The number of hydrogen-bond donors (Lipinski definition) is 1. The lowest BCUT2D eigenvalue weighted by molar-refractivity contribution is 0.378. The van der Waals surface area contributed by atoms with Crippen LogP contribution in [0.15, 0.2) is 6.33 Å². The van der Waals surface area contributed by atoms with Gasteiger partial charge in [-0.15, -0.1) is 0 Å². The van der Waals surface area contributed by atoms with Crippen molar-refractivity contribution in [1.82, 2.24) is 15.3 Å². The third-order valence-corrected chi connectivity index (χ3v) is 4.49. The van der Waals surface area contributed by atoms with Crippen LogP contribution in [0.3, 0.4) is 0 Å². The number of nitrogens with one attached hydrogen (secondary N) is 1. The second-order valence-electron chi connectivity index (χ2n) is 6.49. The molecule has 1 N–H and O–H groups in total. The van der Waals surface area contributed by atoms with E-state index < -0.39 is 0 Å². The molecule has 1 fully saturated rings. The van der Waals surface area contributed by atoms with Crippen molar-refractivity contribution in [2.75, 3.05) is 24.5 Å². The van der Waals surface area contributed by atoms with Gasteiger partial charge in [0.05, 0.1) is 0 Å². The number of fused-ring (bicyclic) bond motifs is 1. The minimum atomic E-state index is 0.577. The van der Waals surface area contributed by atoms with Crippen molar-refractivity contribution in [3.05, 3.63) is 17.6 Å². The molecular formula is C16H26N4. The van der Waals surface area contributed by atoms with Crippen LogP contribution in [0, 0.1) is 5.92 Å². The largest absolute Gasteiger partial charge is 0.356 e. The van der Waals surface area contributed by atoms with Crippen LogP contribution in [0.4, 0.5) is 5.82 Å². The fourth-order valence-electron chi connectivity index (χ4n) is 3.44. The number of nitrogens with zero attached hydrogens (tertiary/aromatic N) is 3. The fourth-order valence-corrected chi connectivity index (χ4v) is 3.44. The summed E-state index contributed by atoms with van der Waals surface area (Å²) in [4.78, 5) is 11.5. The van der Waals surface area contributed by atoms with E-state index in [4.69, 9.17) is 0 Å². The molecule has 0 bridgehead atoms. The summed E-state index contributed by atoms with van der Waals surface area (Å²) in [6.45, 7) is 7.86. The van der Waals surface area contributed by atoms with E-state index in [0.29, 0.717) is 6.04 Å². The van der Waals surface area contributed by atoms with Crippen molar-refractivity contribution in [2.24, 2.45) is 5.92 Å². The zero-order valence-electron chi connectivity index (χ0n) is 12.7. The van der Waals surface area contributed by atoms with Gasteiger partial charge >= 0.3 is 0 Å². The molecule has 1 unspecified atom stereocenters. The van der Waals surface area contributed by atoms with Gasteiger partial charge in [-0.25, -0.2) is 9.97 Å². The number of anilines is 1. The van der Waals surface area contributed by atoms with Gasteiger partial charge < -0.3 is 10.2 Å². The zero-order valence-corrected chi connectivity index (χ0v) is 12.7. The number of rotatable bonds is 4. The van der Waals surface area contributed by atoms with E-state index in [2.05, 4.69) is 34.0 Å². The molecule has 1 atom stereocenters. The van der Waals surface area contributed by atoms with Gasteiger partial charge in [-0.05, 0) is 44.6 Å². The first-order valence-electron chi connectivity index (χ1n) is 8.05. The molecule has 0 radical (unpaired) electrons. The van der Waals surface area contributed by atoms with E-state index in [1.165, 1.54) is 36.3 Å². The molecule has 1 aliphatic heterocycles. The van der Waals surface area contributed by atoms with E-state index in [1.54, 1.807) is 6.33 Å². The normalized spacial score (nSPS) is 22.4. The molecule has 110 valence electrons. The van der Waals surface area contributed by atoms with E-state index >= 15 is 0 Å². The lowest BCUT2D eigenvalue weighted by atomic mass is 9.97. The Morgan fingerprint density at radius 3 is 3.05 bits per heavy atom. The minimum absolute atomic E-state index is 0.577. The van der Waals surface area contributed by atoms with Gasteiger partial charge in [-0.3, -0.25) is 0 Å². The first kappa shape index (κ1) is 13.8. The quantitative estimate of drug-likeness (QED) is 0.913. The molecule has 2 aliphatic rings. The smallest absolute Gasteiger partial charge is 0.135 e. The van der Waals surface area contributed by atoms with Crippen LogP contribution in [-0.2, 0) is 12.8 Å². The molecule has 0 spiro atoms. The predicted molar refractivity (Wildman–Crippen MR) is 82.1 cm³/mol. The van der Waals surface area contributed by atoms with Crippen LogP contribution < -0.4 is 10.2 Å². The Hall–Kier alpha value is -1.16. The molecule has 20 heavy (non-hydrogen) atoms. The number of aromatic nitrogens is 2. The van der Waals surface area contributed by atoms with E-state index in [1.807, 2.05) is 0 Å². The Morgan fingerprint density at radius 1 is 1.30 bits per heavy atom. The zero-order chi connectivity index (χ0) is 13.9. The molecule has 2 heterocycles. The first-order chi connectivity index (χ1) is 9.74. The van der Waals surface area contributed by atoms with Gasteiger partial charge in [0.25, 0.3) is 0 Å². The highest BCUT2D eigenvalue weighted by Gasteiger charge is 2.25. The van der Waals surface area contributed by atoms with Crippen LogP contribution in [0.25, 0.3) is 0 Å². The van der Waals surface area contributed by atoms with Gasteiger partial charge in [0.1, 0.15) is 12.1 Å². The van der Waals surface area contributed by atoms with Crippen LogP contribution in [-0.4, -0.2) is 35.6 Å². The van der Waals surface area contributed by atoms with Gasteiger partial charge in [0.15, 0.2) is 0 Å². The van der Waals surface area contributed by atoms with Gasteiger partial charge in [0.2, 0.25) is 0 Å². The minimum Gasteiger partial charge on any atom is -0.356 e. The van der Waals surface area contributed by atoms with E-state index in [9.17, 15) is 0 Å². The summed E-state index contributed by atoms with van der Waals surface area (Å²) in [5.41, 5.74) is 2.71. The van der Waals surface area contributed by atoms with Crippen molar-refractivity contribution in [3.8, 4) is 0 Å². The van der Waals surface area contributed by atoms with Crippen molar-refractivity contribution in [3.63, 3.8) is 0 Å². The lowest BCUT2D eigenvalue weighted by Gasteiger charge is -2.35. The van der Waals surface area contributed by atoms with E-state index in [0.717, 1.165) is 38.4 Å². The van der Waals surface area contributed by atoms with Crippen LogP contribution in [0.5, 0.6) is 0 Å². The maximum atomic E-state index is 4.60. The summed E-state index contributed by atoms with van der Waals surface area (Å²) in [6.07, 6.45) is 7.92. The third-order valence-electron chi connectivity index (χ3n) is 4.49. The molecule has 0 saturated carbocycles. The summed E-state index contributed by atoms with van der Waals surface area (Å²) in [5, 5.41) is 3.58. The lowest BCUT2D eigenvalue weighted by Crippen LogP contribution is -2.41. The second-order valence-corrected chi connectivity index (χ2v) is 6.49. The highest BCUT2D eigenvalue weighted by Crippen LogP contribution is 2.30. The summed E-state index contributed by atoms with van der Waals surface area (Å²) in [5.74, 6) is 1.97. The van der Waals surface area contributed by atoms with Crippen LogP contribution >= 0.6 is 0 Å². The topological polar surface area (TPSA) is 41.0 Å². The average Bonchev–Trinajstić information content (AvgIpc) is 2.93. The Bertz CT molecular complexity index is 458. The maximum Gasteiger partial charge on any atom is 0.135 e. The summed E-state index contributed by atoms with van der Waals surface area (Å²) < 4.78 is 0. The molecule has 1 aromatic rings. The molecule has 1 aliphatic carbocycles. The van der Waals surface area contributed by atoms with Gasteiger partial charge in [-0.2, -0.15) is 0 Å². The van der Waals surface area contributed by atoms with E-state index in [-0.39, 0.29) is 0 Å². The molecule has 4 heteroatoms. The third kappa shape index (κ3) is 2.95. The molecule has 0 amide bonds. The Morgan fingerprint density at radius 2 is 2.20 bits per heavy atom. The Balaban J connectivity index is 1.69. The Kier molecular flexibility index (Phi) is 4.20. The number of hydrogen-bond acceptors (Lipinski definition) is 4. The molecular weight excluding hydrogens is 248 g/mol. The highest BCUT2D eigenvalue weighted by molar-refractivity contribution is 5.50. The monoisotopic (exact) mass is 274 g/mol. The standard InChI is InChI=1S/C16H26N4/c1-12(2)17-9-13-5-4-8-20(10-13)16-14-6-3-7-15(14)18-11-19-16/h11-13,17H,3-10H2,1-2H3. The molecule has 4 nitrogen and oxygen atoms in total.